The Morgan fingerprint density at radius 2 is 2.00 bits per heavy atom. The highest BCUT2D eigenvalue weighted by molar-refractivity contribution is 6.00. The fourth-order valence-electron chi connectivity index (χ4n) is 1.81. The Morgan fingerprint density at radius 1 is 1.29 bits per heavy atom. The van der Waals surface area contributed by atoms with Gasteiger partial charge in [-0.25, -0.2) is 0 Å². The molecule has 0 fully saturated rings. The molecule has 0 aliphatic heterocycles. The first-order chi connectivity index (χ1) is 6.68. The molecule has 1 aromatic rings. The summed E-state index contributed by atoms with van der Waals surface area (Å²) in [5.41, 5.74) is 1.47. The fourth-order valence-corrected chi connectivity index (χ4v) is 1.81. The number of rotatable bonds is 1. The number of carbonyl (C=O) groups is 2. The summed E-state index contributed by atoms with van der Waals surface area (Å²) in [5.74, 6) is -1.88. The smallest absolute Gasteiger partial charge is 0.163 e. The Kier molecular flexibility index (Phi) is 2.08. The molecule has 0 radical (unpaired) electrons. The predicted octanol–water partition coefficient (Wildman–Crippen LogP) is 0.182. The number of aliphatic carboxylic acids is 1. The molecule has 0 N–H and O–H groups in total. The van der Waals surface area contributed by atoms with E-state index < -0.39 is 11.9 Å². The van der Waals surface area contributed by atoms with Crippen molar-refractivity contribution in [3.05, 3.63) is 35.4 Å². The van der Waals surface area contributed by atoms with Gasteiger partial charge in [0.2, 0.25) is 0 Å². The first-order valence-corrected chi connectivity index (χ1v) is 4.50. The van der Waals surface area contributed by atoms with Crippen molar-refractivity contribution in [1.29, 1.82) is 0 Å². The van der Waals surface area contributed by atoms with Crippen molar-refractivity contribution in [2.24, 2.45) is 5.92 Å². The SMILES string of the molecule is O=C1C[C@H](C(=O)[O-])Cc2ccccc21. The van der Waals surface area contributed by atoms with E-state index in [1.165, 1.54) is 0 Å². The van der Waals surface area contributed by atoms with Gasteiger partial charge in [-0.3, -0.25) is 4.79 Å². The number of ketones is 1. The minimum Gasteiger partial charge on any atom is -0.550 e. The molecular formula is C11H9O3-. The molecular weight excluding hydrogens is 180 g/mol. The van der Waals surface area contributed by atoms with Crippen LogP contribution in [0.3, 0.4) is 0 Å². The second kappa shape index (κ2) is 3.25. The lowest BCUT2D eigenvalue weighted by molar-refractivity contribution is -0.311. The quantitative estimate of drug-likeness (QED) is 0.633. The van der Waals surface area contributed by atoms with Crippen LogP contribution in [0.1, 0.15) is 22.3 Å². The van der Waals surface area contributed by atoms with Crippen LogP contribution in [0.4, 0.5) is 0 Å². The van der Waals surface area contributed by atoms with Gasteiger partial charge in [-0.2, -0.15) is 0 Å². The minimum absolute atomic E-state index is 0.0688. The molecule has 0 spiro atoms. The van der Waals surface area contributed by atoms with Crippen molar-refractivity contribution < 1.29 is 14.7 Å². The van der Waals surface area contributed by atoms with E-state index >= 15 is 0 Å². The summed E-state index contributed by atoms with van der Waals surface area (Å²) >= 11 is 0. The molecule has 0 bridgehead atoms. The third kappa shape index (κ3) is 1.41. The van der Waals surface area contributed by atoms with Gasteiger partial charge in [0.15, 0.2) is 5.78 Å². The zero-order valence-corrected chi connectivity index (χ0v) is 7.53. The van der Waals surface area contributed by atoms with Crippen LogP contribution in [-0.4, -0.2) is 11.8 Å². The van der Waals surface area contributed by atoms with Crippen LogP contribution in [0.5, 0.6) is 0 Å². The largest absolute Gasteiger partial charge is 0.550 e. The molecule has 0 unspecified atom stereocenters. The first-order valence-electron chi connectivity index (χ1n) is 4.50. The maximum Gasteiger partial charge on any atom is 0.163 e. The molecule has 1 atom stereocenters. The normalized spacial score (nSPS) is 20.3. The van der Waals surface area contributed by atoms with Gasteiger partial charge in [0.25, 0.3) is 0 Å². The molecule has 1 aromatic carbocycles. The maximum atomic E-state index is 11.5. The number of carboxylic acid groups (broad SMARTS) is 1. The van der Waals surface area contributed by atoms with Crippen LogP contribution in [0.15, 0.2) is 24.3 Å². The molecule has 2 rings (SSSR count). The van der Waals surface area contributed by atoms with Crippen molar-refractivity contribution in [2.45, 2.75) is 12.8 Å². The Balaban J connectivity index is 2.38. The topological polar surface area (TPSA) is 57.2 Å². The minimum atomic E-state index is -1.13. The number of carboxylic acids is 1. The third-order valence-corrected chi connectivity index (χ3v) is 2.55. The molecule has 72 valence electrons. The van der Waals surface area contributed by atoms with Crippen LogP contribution in [0.25, 0.3) is 0 Å². The Labute approximate surface area is 81.4 Å². The maximum absolute atomic E-state index is 11.5. The highest BCUT2D eigenvalue weighted by Gasteiger charge is 2.24. The standard InChI is InChI=1S/C11H10O3/c12-10-6-8(11(13)14)5-7-3-1-2-4-9(7)10/h1-4,8H,5-6H2,(H,13,14)/p-1/t8-/m1/s1. The molecule has 1 aliphatic carbocycles. The van der Waals surface area contributed by atoms with Gasteiger partial charge in [0.05, 0.1) is 0 Å². The van der Waals surface area contributed by atoms with Gasteiger partial charge in [0.1, 0.15) is 0 Å². The second-order valence-corrected chi connectivity index (χ2v) is 3.50. The van der Waals surface area contributed by atoms with Gasteiger partial charge in [-0.05, 0) is 12.0 Å². The lowest BCUT2D eigenvalue weighted by atomic mass is 9.83. The van der Waals surface area contributed by atoms with Crippen molar-refractivity contribution >= 4 is 11.8 Å². The highest BCUT2D eigenvalue weighted by atomic mass is 16.4. The monoisotopic (exact) mass is 189 g/mol. The summed E-state index contributed by atoms with van der Waals surface area (Å²) in [5, 5.41) is 10.6. The zero-order valence-electron chi connectivity index (χ0n) is 7.53. The molecule has 0 aromatic heterocycles. The molecule has 1 aliphatic rings. The number of Topliss-reactive ketones (excluding diaryl/α,β-unsaturated/α-hetero) is 1. The van der Waals surface area contributed by atoms with Crippen molar-refractivity contribution in [1.82, 2.24) is 0 Å². The van der Waals surface area contributed by atoms with Crippen LogP contribution >= 0.6 is 0 Å². The number of fused-ring (bicyclic) bond motifs is 1. The lowest BCUT2D eigenvalue weighted by Crippen LogP contribution is -2.36. The lowest BCUT2D eigenvalue weighted by Gasteiger charge is -2.23. The highest BCUT2D eigenvalue weighted by Crippen LogP contribution is 2.24. The molecule has 3 heteroatoms. The van der Waals surface area contributed by atoms with Gasteiger partial charge < -0.3 is 9.90 Å². The van der Waals surface area contributed by atoms with E-state index in [1.54, 1.807) is 18.2 Å². The first kappa shape index (κ1) is 8.94. The third-order valence-electron chi connectivity index (χ3n) is 2.55. The molecule has 14 heavy (non-hydrogen) atoms. The summed E-state index contributed by atoms with van der Waals surface area (Å²) < 4.78 is 0. The summed E-state index contributed by atoms with van der Waals surface area (Å²) in [6.45, 7) is 0. The summed E-state index contributed by atoms with van der Waals surface area (Å²) in [4.78, 5) is 22.2. The van der Waals surface area contributed by atoms with Gasteiger partial charge >= 0.3 is 0 Å². The number of carbonyl (C=O) groups excluding carboxylic acids is 2. The fraction of sp³-hybridized carbons (Fsp3) is 0.273. The zero-order chi connectivity index (χ0) is 10.1. The van der Waals surface area contributed by atoms with E-state index in [9.17, 15) is 14.7 Å². The van der Waals surface area contributed by atoms with Crippen molar-refractivity contribution in [3.8, 4) is 0 Å². The van der Waals surface area contributed by atoms with Gasteiger partial charge in [-0.1, -0.05) is 24.3 Å². The number of hydrogen-bond acceptors (Lipinski definition) is 3. The second-order valence-electron chi connectivity index (χ2n) is 3.50. The molecule has 0 heterocycles. The van der Waals surface area contributed by atoms with Crippen LogP contribution < -0.4 is 5.11 Å². The number of hydrogen-bond donors (Lipinski definition) is 0. The van der Waals surface area contributed by atoms with E-state index in [1.807, 2.05) is 6.07 Å². The summed E-state index contributed by atoms with van der Waals surface area (Å²) in [6.07, 6.45) is 0.476. The van der Waals surface area contributed by atoms with E-state index in [2.05, 4.69) is 0 Å². The van der Waals surface area contributed by atoms with Gasteiger partial charge in [-0.15, -0.1) is 0 Å². The van der Waals surface area contributed by atoms with E-state index in [0.717, 1.165) is 5.56 Å². The average Bonchev–Trinajstić information content (AvgIpc) is 2.17. The van der Waals surface area contributed by atoms with Crippen molar-refractivity contribution in [3.63, 3.8) is 0 Å². The Morgan fingerprint density at radius 3 is 2.71 bits per heavy atom. The number of benzene rings is 1. The van der Waals surface area contributed by atoms with E-state index in [0.29, 0.717) is 12.0 Å². The average molecular weight is 189 g/mol. The van der Waals surface area contributed by atoms with Crippen molar-refractivity contribution in [2.75, 3.05) is 0 Å². The Hall–Kier alpha value is -1.64. The van der Waals surface area contributed by atoms with Crippen LogP contribution in [0.2, 0.25) is 0 Å². The predicted molar refractivity (Wildman–Crippen MR) is 47.6 cm³/mol. The van der Waals surface area contributed by atoms with Crippen LogP contribution in [0, 0.1) is 5.92 Å². The Bertz CT molecular complexity index is 395. The van der Waals surface area contributed by atoms with E-state index in [-0.39, 0.29) is 12.2 Å². The van der Waals surface area contributed by atoms with Crippen LogP contribution in [-0.2, 0) is 11.2 Å². The molecule has 0 amide bonds. The summed E-state index contributed by atoms with van der Waals surface area (Å²) in [6, 6.07) is 7.13. The molecule has 0 saturated heterocycles. The summed E-state index contributed by atoms with van der Waals surface area (Å²) in [7, 11) is 0. The van der Waals surface area contributed by atoms with Gasteiger partial charge in [0, 0.05) is 23.9 Å². The molecule has 0 saturated carbocycles. The molecule has 3 nitrogen and oxygen atoms in total. The van der Waals surface area contributed by atoms with E-state index in [4.69, 9.17) is 0 Å².